The lowest BCUT2D eigenvalue weighted by Crippen LogP contribution is -2.44. The van der Waals surface area contributed by atoms with Gasteiger partial charge >= 0.3 is 12.2 Å². The number of alkyl halides is 3. The van der Waals surface area contributed by atoms with Crippen molar-refractivity contribution in [1.82, 2.24) is 10.3 Å². The molecule has 4 aromatic rings. The van der Waals surface area contributed by atoms with Crippen LogP contribution in [0.25, 0.3) is 10.9 Å². The summed E-state index contributed by atoms with van der Waals surface area (Å²) in [5.74, 6) is 1.59. The highest BCUT2D eigenvalue weighted by Crippen LogP contribution is 2.40. The molecule has 0 unspecified atom stereocenters. The second kappa shape index (κ2) is 13.7. The van der Waals surface area contributed by atoms with Gasteiger partial charge in [0.05, 0.1) is 25.3 Å². The van der Waals surface area contributed by atoms with Crippen LogP contribution in [0.15, 0.2) is 79.5 Å². The van der Waals surface area contributed by atoms with E-state index in [0.717, 1.165) is 6.07 Å². The first-order valence-corrected chi connectivity index (χ1v) is 14.3. The van der Waals surface area contributed by atoms with E-state index in [0.29, 0.717) is 65.5 Å². The summed E-state index contributed by atoms with van der Waals surface area (Å²) in [6.07, 6.45) is -0.925. The molecule has 1 aliphatic rings. The SMILES string of the molecule is C=CC(=O)NC1CCN(c2ccc(NC(=O)Nc3cccc(Oc4ccnc5cc(OC)c(OC)cc45)c3)cc2C(F)(F)F)CC1. The fourth-order valence-electron chi connectivity index (χ4n) is 5.24. The molecule has 2 heterocycles. The molecule has 0 aliphatic carbocycles. The summed E-state index contributed by atoms with van der Waals surface area (Å²) in [6, 6.07) is 14.5. The van der Waals surface area contributed by atoms with Crippen molar-refractivity contribution in [2.75, 3.05) is 42.8 Å². The Hall–Kier alpha value is -5.46. The second-order valence-corrected chi connectivity index (χ2v) is 10.4. The van der Waals surface area contributed by atoms with Crippen LogP contribution in [-0.4, -0.2) is 50.3 Å². The lowest BCUT2D eigenvalue weighted by Gasteiger charge is -2.35. The molecule has 10 nitrogen and oxygen atoms in total. The minimum atomic E-state index is -4.66. The summed E-state index contributed by atoms with van der Waals surface area (Å²) in [4.78, 5) is 30.4. The number of carbonyl (C=O) groups excluding carboxylic acids is 2. The molecule has 1 aliphatic heterocycles. The van der Waals surface area contributed by atoms with Gasteiger partial charge in [-0.3, -0.25) is 9.78 Å². The number of benzene rings is 3. The topological polar surface area (TPSA) is 114 Å². The molecule has 0 atom stereocenters. The third-order valence-corrected chi connectivity index (χ3v) is 7.45. The van der Waals surface area contributed by atoms with Crippen LogP contribution in [0, 0.1) is 0 Å². The number of pyridine rings is 1. The molecule has 1 aromatic heterocycles. The first kappa shape index (κ1) is 31.9. The largest absolute Gasteiger partial charge is 0.493 e. The average Bonchev–Trinajstić information content (AvgIpc) is 3.04. The fraction of sp³-hybridized carbons (Fsp3) is 0.242. The van der Waals surface area contributed by atoms with Gasteiger partial charge in [-0.25, -0.2) is 4.79 Å². The number of nitrogens with one attached hydrogen (secondary N) is 3. The zero-order valence-electron chi connectivity index (χ0n) is 25.1. The summed E-state index contributed by atoms with van der Waals surface area (Å²) >= 11 is 0. The highest BCUT2D eigenvalue weighted by molar-refractivity contribution is 6.00. The molecule has 3 amide bonds. The number of aromatic nitrogens is 1. The molecule has 3 N–H and O–H groups in total. The van der Waals surface area contributed by atoms with Gasteiger partial charge in [0.2, 0.25) is 5.91 Å². The number of hydrogen-bond donors (Lipinski definition) is 3. The Morgan fingerprint density at radius 1 is 0.935 bits per heavy atom. The van der Waals surface area contributed by atoms with E-state index in [4.69, 9.17) is 14.2 Å². The number of amides is 3. The number of halogens is 3. The molecule has 240 valence electrons. The van der Waals surface area contributed by atoms with Crippen LogP contribution in [0.4, 0.5) is 35.0 Å². The van der Waals surface area contributed by atoms with Crippen LogP contribution >= 0.6 is 0 Å². The number of rotatable bonds is 9. The molecular formula is C33H32F3N5O5. The molecule has 46 heavy (non-hydrogen) atoms. The third kappa shape index (κ3) is 7.42. The molecule has 5 rings (SSSR count). The van der Waals surface area contributed by atoms with Gasteiger partial charge in [-0.2, -0.15) is 13.2 Å². The van der Waals surface area contributed by atoms with Crippen LogP contribution in [0.3, 0.4) is 0 Å². The van der Waals surface area contributed by atoms with E-state index in [9.17, 15) is 22.8 Å². The van der Waals surface area contributed by atoms with E-state index in [1.165, 1.54) is 32.4 Å². The molecule has 1 fully saturated rings. The van der Waals surface area contributed by atoms with Gasteiger partial charge in [-0.05, 0) is 61.4 Å². The standard InChI is InChI=1S/C33H32F3N5O5/c1-4-31(42)38-20-11-14-41(15-12-20)27-9-8-22(17-25(27)33(34,35)36)40-32(43)39-21-6-5-7-23(16-21)46-28-10-13-37-26-19-30(45-3)29(44-2)18-24(26)28/h4-10,13,16-20H,1,11-12,14-15H2,2-3H3,(H,38,42)(H2,39,40,43). The fourth-order valence-corrected chi connectivity index (χ4v) is 5.24. The minimum absolute atomic E-state index is 0.0107. The molecule has 0 radical (unpaired) electrons. The maximum atomic E-state index is 14.1. The molecule has 13 heteroatoms. The molecular weight excluding hydrogens is 603 g/mol. The zero-order chi connectivity index (χ0) is 32.8. The Balaban J connectivity index is 1.27. The van der Waals surface area contributed by atoms with E-state index in [2.05, 4.69) is 27.5 Å². The van der Waals surface area contributed by atoms with Crippen molar-refractivity contribution in [3.8, 4) is 23.0 Å². The Morgan fingerprint density at radius 3 is 2.30 bits per heavy atom. The predicted octanol–water partition coefficient (Wildman–Crippen LogP) is 6.98. The predicted molar refractivity (Wildman–Crippen MR) is 169 cm³/mol. The highest BCUT2D eigenvalue weighted by atomic mass is 19.4. The lowest BCUT2D eigenvalue weighted by atomic mass is 10.0. The van der Waals surface area contributed by atoms with Gasteiger partial charge in [-0.1, -0.05) is 12.6 Å². The number of ether oxygens (including phenoxy) is 3. The summed E-state index contributed by atoms with van der Waals surface area (Å²) < 4.78 is 59.2. The van der Waals surface area contributed by atoms with Crippen LogP contribution in [0.5, 0.6) is 23.0 Å². The van der Waals surface area contributed by atoms with E-state index >= 15 is 0 Å². The van der Waals surface area contributed by atoms with Gasteiger partial charge in [0.1, 0.15) is 11.5 Å². The van der Waals surface area contributed by atoms with Crippen LogP contribution in [0.1, 0.15) is 18.4 Å². The van der Waals surface area contributed by atoms with Gasteiger partial charge < -0.3 is 35.1 Å². The highest BCUT2D eigenvalue weighted by Gasteiger charge is 2.36. The van der Waals surface area contributed by atoms with Gasteiger partial charge in [-0.15, -0.1) is 0 Å². The van der Waals surface area contributed by atoms with Crippen molar-refractivity contribution in [1.29, 1.82) is 0 Å². The number of fused-ring (bicyclic) bond motifs is 1. The third-order valence-electron chi connectivity index (χ3n) is 7.45. The molecule has 3 aromatic carbocycles. The molecule has 0 spiro atoms. The van der Waals surface area contributed by atoms with Crippen LogP contribution in [-0.2, 0) is 11.0 Å². The number of piperidine rings is 1. The van der Waals surface area contributed by atoms with E-state index < -0.39 is 17.8 Å². The lowest BCUT2D eigenvalue weighted by molar-refractivity contribution is -0.137. The normalized spacial score (nSPS) is 13.5. The maximum absolute atomic E-state index is 14.1. The number of hydrogen-bond acceptors (Lipinski definition) is 7. The van der Waals surface area contributed by atoms with Crippen molar-refractivity contribution in [2.24, 2.45) is 0 Å². The van der Waals surface area contributed by atoms with Crippen molar-refractivity contribution in [2.45, 2.75) is 25.1 Å². The van der Waals surface area contributed by atoms with E-state index in [1.807, 2.05) is 0 Å². The maximum Gasteiger partial charge on any atom is 0.418 e. The summed E-state index contributed by atoms with van der Waals surface area (Å²) in [6.45, 7) is 4.08. The molecule has 0 saturated carbocycles. The monoisotopic (exact) mass is 635 g/mol. The Bertz CT molecular complexity index is 1760. The quantitative estimate of drug-likeness (QED) is 0.170. The summed E-state index contributed by atoms with van der Waals surface area (Å²) in [5.41, 5.74) is 0.0904. The summed E-state index contributed by atoms with van der Waals surface area (Å²) in [5, 5.41) is 8.58. The van der Waals surface area contributed by atoms with Crippen molar-refractivity contribution in [3.63, 3.8) is 0 Å². The number of urea groups is 1. The van der Waals surface area contributed by atoms with Crippen LogP contribution in [0.2, 0.25) is 0 Å². The Kier molecular flexibility index (Phi) is 9.50. The first-order valence-electron chi connectivity index (χ1n) is 14.3. The first-order chi connectivity index (χ1) is 22.1. The summed E-state index contributed by atoms with van der Waals surface area (Å²) in [7, 11) is 3.06. The number of carbonyl (C=O) groups is 2. The van der Waals surface area contributed by atoms with Crippen LogP contribution < -0.4 is 35.1 Å². The minimum Gasteiger partial charge on any atom is -0.493 e. The van der Waals surface area contributed by atoms with Gasteiger partial charge in [0, 0.05) is 59.9 Å². The van der Waals surface area contributed by atoms with E-state index in [-0.39, 0.29) is 23.3 Å². The smallest absolute Gasteiger partial charge is 0.418 e. The number of nitrogens with zero attached hydrogens (tertiary/aromatic N) is 2. The number of methoxy groups -OCH3 is 2. The van der Waals surface area contributed by atoms with Crippen molar-refractivity contribution in [3.05, 3.63) is 85.1 Å². The molecule has 1 saturated heterocycles. The van der Waals surface area contributed by atoms with Gasteiger partial charge in [0.15, 0.2) is 11.5 Å². The van der Waals surface area contributed by atoms with Crippen molar-refractivity contribution < 1.29 is 37.0 Å². The Morgan fingerprint density at radius 2 is 1.63 bits per heavy atom. The number of anilines is 3. The van der Waals surface area contributed by atoms with Gasteiger partial charge in [0.25, 0.3) is 0 Å². The van der Waals surface area contributed by atoms with E-state index in [1.54, 1.807) is 53.6 Å². The van der Waals surface area contributed by atoms with Crippen molar-refractivity contribution >= 4 is 39.9 Å². The second-order valence-electron chi connectivity index (χ2n) is 10.4. The molecule has 0 bridgehead atoms. The average molecular weight is 636 g/mol. The zero-order valence-corrected chi connectivity index (χ0v) is 25.1. The Labute approximate surface area is 263 Å².